The van der Waals surface area contributed by atoms with Crippen LogP contribution >= 0.6 is 11.3 Å². The maximum absolute atomic E-state index is 12.3. The molecule has 1 aromatic heterocycles. The molecule has 2 aromatic rings. The quantitative estimate of drug-likeness (QED) is 0.930. The second-order valence-electron chi connectivity index (χ2n) is 5.18. The van der Waals surface area contributed by atoms with Crippen LogP contribution in [-0.4, -0.2) is 25.6 Å². The molecule has 7 heteroatoms. The van der Waals surface area contributed by atoms with E-state index in [1.165, 1.54) is 17.6 Å². The van der Waals surface area contributed by atoms with E-state index in [4.69, 9.17) is 0 Å². The van der Waals surface area contributed by atoms with E-state index in [1.807, 2.05) is 20.8 Å². The van der Waals surface area contributed by atoms with Gasteiger partial charge in [0, 0.05) is 6.26 Å². The lowest BCUT2D eigenvalue weighted by atomic mass is 10.1. The topological polar surface area (TPSA) is 76.1 Å². The monoisotopic (exact) mass is 338 g/mol. The van der Waals surface area contributed by atoms with Gasteiger partial charge in [-0.15, -0.1) is 11.3 Å². The molecule has 1 heterocycles. The van der Waals surface area contributed by atoms with Crippen LogP contribution in [0.1, 0.15) is 38.9 Å². The van der Waals surface area contributed by atoms with Gasteiger partial charge in [0.25, 0.3) is 5.91 Å². The lowest BCUT2D eigenvalue weighted by Gasteiger charge is -2.14. The summed E-state index contributed by atoms with van der Waals surface area (Å²) in [5.41, 5.74) is 1.57. The minimum Gasteiger partial charge on any atom is -0.345 e. The minimum absolute atomic E-state index is 0.164. The SMILES string of the molecule is Cc1nc(C)c(C(=O)N[C@@H](C)c2ccc(S(C)(=O)=O)cc2)s1. The zero-order valence-electron chi connectivity index (χ0n) is 12.9. The van der Waals surface area contributed by atoms with Crippen molar-refractivity contribution in [2.24, 2.45) is 0 Å². The van der Waals surface area contributed by atoms with Gasteiger partial charge in [-0.05, 0) is 38.5 Å². The van der Waals surface area contributed by atoms with Gasteiger partial charge >= 0.3 is 0 Å². The molecule has 1 amide bonds. The number of thiazole rings is 1. The van der Waals surface area contributed by atoms with Crippen LogP contribution < -0.4 is 5.32 Å². The fourth-order valence-electron chi connectivity index (χ4n) is 2.09. The molecule has 0 bridgehead atoms. The number of rotatable bonds is 4. The van der Waals surface area contributed by atoms with Gasteiger partial charge < -0.3 is 5.32 Å². The van der Waals surface area contributed by atoms with Crippen molar-refractivity contribution in [2.45, 2.75) is 31.7 Å². The molecular formula is C15H18N2O3S2. The third kappa shape index (κ3) is 3.72. The summed E-state index contributed by atoms with van der Waals surface area (Å²) >= 11 is 1.36. The third-order valence-electron chi connectivity index (χ3n) is 3.27. The fourth-order valence-corrected chi connectivity index (χ4v) is 3.54. The van der Waals surface area contributed by atoms with Crippen LogP contribution in [-0.2, 0) is 9.84 Å². The largest absolute Gasteiger partial charge is 0.345 e. The van der Waals surface area contributed by atoms with Crippen LogP contribution in [0.5, 0.6) is 0 Å². The zero-order chi connectivity index (χ0) is 16.5. The van der Waals surface area contributed by atoms with Crippen LogP contribution in [0, 0.1) is 13.8 Å². The maximum Gasteiger partial charge on any atom is 0.263 e. The van der Waals surface area contributed by atoms with E-state index in [9.17, 15) is 13.2 Å². The van der Waals surface area contributed by atoms with Gasteiger partial charge in [0.05, 0.1) is 21.6 Å². The highest BCUT2D eigenvalue weighted by Crippen LogP contribution is 2.20. The standard InChI is InChI=1S/C15H18N2O3S2/c1-9(12-5-7-13(8-6-12)22(4,19)20)17-15(18)14-10(2)16-11(3)21-14/h5-9H,1-4H3,(H,17,18)/t9-/m0/s1. The predicted molar refractivity (Wildman–Crippen MR) is 87.0 cm³/mol. The van der Waals surface area contributed by atoms with E-state index >= 15 is 0 Å². The molecule has 0 radical (unpaired) electrons. The van der Waals surface area contributed by atoms with Gasteiger partial charge in [-0.3, -0.25) is 4.79 Å². The normalized spacial score (nSPS) is 12.9. The molecule has 0 spiro atoms. The number of hydrogen-bond donors (Lipinski definition) is 1. The van der Waals surface area contributed by atoms with Gasteiger partial charge in [0.15, 0.2) is 9.84 Å². The van der Waals surface area contributed by atoms with Gasteiger partial charge in [-0.25, -0.2) is 13.4 Å². The first-order valence-electron chi connectivity index (χ1n) is 6.73. The average molecular weight is 338 g/mol. The number of amides is 1. The predicted octanol–water partition coefficient (Wildman–Crippen LogP) is 2.65. The molecule has 2 rings (SSSR count). The van der Waals surface area contributed by atoms with E-state index in [0.717, 1.165) is 16.3 Å². The van der Waals surface area contributed by atoms with Crippen LogP contribution in [0.15, 0.2) is 29.2 Å². The van der Waals surface area contributed by atoms with Crippen LogP contribution in [0.4, 0.5) is 0 Å². The first-order chi connectivity index (χ1) is 10.2. The summed E-state index contributed by atoms with van der Waals surface area (Å²) in [6.45, 7) is 5.53. The number of nitrogens with one attached hydrogen (secondary N) is 1. The maximum atomic E-state index is 12.3. The number of carbonyl (C=O) groups excluding carboxylic acids is 1. The highest BCUT2D eigenvalue weighted by molar-refractivity contribution is 7.90. The first-order valence-corrected chi connectivity index (χ1v) is 9.44. The highest BCUT2D eigenvalue weighted by Gasteiger charge is 2.17. The van der Waals surface area contributed by atoms with Gasteiger partial charge in [0.2, 0.25) is 0 Å². The molecule has 0 aliphatic carbocycles. The van der Waals surface area contributed by atoms with Crippen molar-refractivity contribution in [2.75, 3.05) is 6.26 Å². The number of carbonyl (C=O) groups is 1. The Balaban J connectivity index is 2.14. The Hall–Kier alpha value is -1.73. The van der Waals surface area contributed by atoms with Crippen molar-refractivity contribution in [1.82, 2.24) is 10.3 Å². The Morgan fingerprint density at radius 3 is 2.27 bits per heavy atom. The summed E-state index contributed by atoms with van der Waals surface area (Å²) in [7, 11) is -3.21. The second kappa shape index (κ2) is 6.18. The van der Waals surface area contributed by atoms with Crippen LogP contribution in [0.2, 0.25) is 0 Å². The molecule has 22 heavy (non-hydrogen) atoms. The number of hydrogen-bond acceptors (Lipinski definition) is 5. The van der Waals surface area contributed by atoms with E-state index in [-0.39, 0.29) is 16.8 Å². The second-order valence-corrected chi connectivity index (χ2v) is 8.40. The number of nitrogens with zero attached hydrogens (tertiary/aromatic N) is 1. The Morgan fingerprint density at radius 1 is 1.23 bits per heavy atom. The Morgan fingerprint density at radius 2 is 1.82 bits per heavy atom. The van der Waals surface area contributed by atoms with Gasteiger partial charge in [-0.2, -0.15) is 0 Å². The summed E-state index contributed by atoms with van der Waals surface area (Å²) in [6.07, 6.45) is 1.17. The molecule has 0 aliphatic heterocycles. The van der Waals surface area contributed by atoms with Crippen molar-refractivity contribution in [3.8, 4) is 0 Å². The molecule has 0 saturated carbocycles. The number of sulfone groups is 1. The number of aryl methyl sites for hydroxylation is 2. The van der Waals surface area contributed by atoms with Gasteiger partial charge in [-0.1, -0.05) is 12.1 Å². The molecule has 0 fully saturated rings. The molecule has 118 valence electrons. The zero-order valence-corrected chi connectivity index (χ0v) is 14.5. The molecule has 5 nitrogen and oxygen atoms in total. The summed E-state index contributed by atoms with van der Waals surface area (Å²) in [6, 6.07) is 6.31. The molecule has 0 unspecified atom stereocenters. The average Bonchev–Trinajstić information content (AvgIpc) is 2.77. The first kappa shape index (κ1) is 16.6. The molecule has 0 aliphatic rings. The molecule has 1 atom stereocenters. The highest BCUT2D eigenvalue weighted by atomic mass is 32.2. The minimum atomic E-state index is -3.21. The molecule has 1 aromatic carbocycles. The Labute approximate surface area is 134 Å². The fraction of sp³-hybridized carbons (Fsp3) is 0.333. The van der Waals surface area contributed by atoms with Crippen molar-refractivity contribution in [1.29, 1.82) is 0 Å². The Bertz CT molecular complexity index is 793. The van der Waals surface area contributed by atoms with Crippen LogP contribution in [0.25, 0.3) is 0 Å². The Kier molecular flexibility index (Phi) is 4.67. The van der Waals surface area contributed by atoms with E-state index < -0.39 is 9.84 Å². The van der Waals surface area contributed by atoms with E-state index in [0.29, 0.717) is 4.88 Å². The molecule has 0 saturated heterocycles. The van der Waals surface area contributed by atoms with Crippen LogP contribution in [0.3, 0.4) is 0 Å². The number of benzene rings is 1. The van der Waals surface area contributed by atoms with Crippen molar-refractivity contribution in [3.05, 3.63) is 45.4 Å². The summed E-state index contributed by atoms with van der Waals surface area (Å²) < 4.78 is 22.9. The number of aromatic nitrogens is 1. The lowest BCUT2D eigenvalue weighted by molar-refractivity contribution is 0.0943. The summed E-state index contributed by atoms with van der Waals surface area (Å²) in [4.78, 5) is 17.4. The summed E-state index contributed by atoms with van der Waals surface area (Å²) in [5, 5.41) is 3.76. The lowest BCUT2D eigenvalue weighted by Crippen LogP contribution is -2.26. The third-order valence-corrected chi connectivity index (χ3v) is 5.47. The van der Waals surface area contributed by atoms with E-state index in [2.05, 4.69) is 10.3 Å². The van der Waals surface area contributed by atoms with Crippen molar-refractivity contribution < 1.29 is 13.2 Å². The van der Waals surface area contributed by atoms with Crippen molar-refractivity contribution in [3.63, 3.8) is 0 Å². The summed E-state index contributed by atoms with van der Waals surface area (Å²) in [5.74, 6) is -0.164. The smallest absolute Gasteiger partial charge is 0.263 e. The molecular weight excluding hydrogens is 320 g/mol. The van der Waals surface area contributed by atoms with Crippen molar-refractivity contribution >= 4 is 27.1 Å². The molecule has 1 N–H and O–H groups in total. The van der Waals surface area contributed by atoms with E-state index in [1.54, 1.807) is 24.3 Å². The van der Waals surface area contributed by atoms with Gasteiger partial charge in [0.1, 0.15) is 4.88 Å².